The van der Waals surface area contributed by atoms with Gasteiger partial charge >= 0.3 is 0 Å². The molecule has 0 aliphatic carbocycles. The van der Waals surface area contributed by atoms with E-state index in [1.54, 1.807) is 26.5 Å². The topological polar surface area (TPSA) is 55.2 Å². The van der Waals surface area contributed by atoms with Crippen LogP contribution in [0.1, 0.15) is 22.5 Å². The van der Waals surface area contributed by atoms with E-state index in [1.165, 1.54) is 0 Å². The van der Waals surface area contributed by atoms with Crippen LogP contribution >= 0.6 is 0 Å². The van der Waals surface area contributed by atoms with Crippen LogP contribution < -0.4 is 0 Å². The highest BCUT2D eigenvalue weighted by Crippen LogP contribution is 2.33. The number of ether oxygens (including phenoxy) is 2. The van der Waals surface area contributed by atoms with Crippen LogP contribution in [0, 0.1) is 12.8 Å². The van der Waals surface area contributed by atoms with E-state index in [4.69, 9.17) is 13.9 Å². The molecule has 3 atom stereocenters. The van der Waals surface area contributed by atoms with Crippen LogP contribution in [-0.2, 0) is 9.47 Å². The summed E-state index contributed by atoms with van der Waals surface area (Å²) in [7, 11) is 3.50. The smallest absolute Gasteiger partial charge is 0.257 e. The molecule has 0 bridgehead atoms. The number of piperidine rings is 1. The summed E-state index contributed by atoms with van der Waals surface area (Å²) in [5.74, 6) is 1.13. The van der Waals surface area contributed by atoms with E-state index in [-0.39, 0.29) is 18.1 Å². The molecule has 6 nitrogen and oxygen atoms in total. The first-order valence-electron chi connectivity index (χ1n) is 8.24. The molecule has 2 fully saturated rings. The fraction of sp³-hybridized carbons (Fsp3) is 0.706. The molecule has 0 spiro atoms. The van der Waals surface area contributed by atoms with E-state index in [2.05, 4.69) is 4.90 Å². The summed E-state index contributed by atoms with van der Waals surface area (Å²) in [5.41, 5.74) is 0.676. The molecule has 1 aromatic heterocycles. The van der Waals surface area contributed by atoms with Gasteiger partial charge in [-0.05, 0) is 19.4 Å². The second-order valence-electron chi connectivity index (χ2n) is 6.44. The predicted octanol–water partition coefficient (Wildman–Crippen LogP) is 1.40. The molecule has 0 aromatic carbocycles. The van der Waals surface area contributed by atoms with Crippen LogP contribution in [0.2, 0.25) is 0 Å². The monoisotopic (exact) mass is 322 g/mol. The van der Waals surface area contributed by atoms with Gasteiger partial charge in [-0.1, -0.05) is 0 Å². The van der Waals surface area contributed by atoms with Crippen LogP contribution in [0.15, 0.2) is 16.7 Å². The number of carbonyl (C=O) groups is 1. The van der Waals surface area contributed by atoms with Crippen LogP contribution in [0.3, 0.4) is 0 Å². The molecule has 0 N–H and O–H groups in total. The zero-order valence-electron chi connectivity index (χ0n) is 14.2. The first-order chi connectivity index (χ1) is 11.2. The van der Waals surface area contributed by atoms with Gasteiger partial charge in [0.15, 0.2) is 0 Å². The molecule has 3 rings (SSSR count). The Kier molecular flexibility index (Phi) is 5.04. The summed E-state index contributed by atoms with van der Waals surface area (Å²) in [6, 6.07) is 1.97. The Morgan fingerprint density at radius 1 is 1.39 bits per heavy atom. The number of methoxy groups -OCH3 is 2. The van der Waals surface area contributed by atoms with E-state index in [0.717, 1.165) is 32.6 Å². The molecule has 1 aromatic rings. The Labute approximate surface area is 137 Å². The summed E-state index contributed by atoms with van der Waals surface area (Å²) in [4.78, 5) is 17.3. The Bertz CT molecular complexity index is 544. The summed E-state index contributed by atoms with van der Waals surface area (Å²) in [5, 5.41) is 0. The number of furan rings is 1. The van der Waals surface area contributed by atoms with Crippen molar-refractivity contribution < 1.29 is 18.7 Å². The normalized spacial score (nSPS) is 28.1. The molecule has 2 aliphatic heterocycles. The number of amides is 1. The molecule has 3 heterocycles. The lowest BCUT2D eigenvalue weighted by Gasteiger charge is -2.41. The van der Waals surface area contributed by atoms with E-state index in [0.29, 0.717) is 23.8 Å². The standard InChI is InChI=1S/C17H26N2O4/c1-12-13(5-8-23-12)17(20)19-6-4-16(22-3)14-10-18(7-9-21-2)11-15(14)19/h5,8,14-16H,4,6-7,9-11H2,1-3H3/t14-,15+,16-/m1/s1. The third-order valence-corrected chi connectivity index (χ3v) is 5.21. The van der Waals surface area contributed by atoms with Crippen molar-refractivity contribution in [3.63, 3.8) is 0 Å². The van der Waals surface area contributed by atoms with Gasteiger partial charge in [0.1, 0.15) is 5.76 Å². The van der Waals surface area contributed by atoms with Crippen molar-refractivity contribution in [2.75, 3.05) is 47.0 Å². The fourth-order valence-electron chi connectivity index (χ4n) is 3.94. The summed E-state index contributed by atoms with van der Waals surface area (Å²) in [6.45, 7) is 6.03. The Balaban J connectivity index is 1.77. The quantitative estimate of drug-likeness (QED) is 0.820. The van der Waals surface area contributed by atoms with Gasteiger partial charge in [-0.2, -0.15) is 0 Å². The fourth-order valence-corrected chi connectivity index (χ4v) is 3.94. The number of hydrogen-bond acceptors (Lipinski definition) is 5. The Morgan fingerprint density at radius 2 is 2.22 bits per heavy atom. The molecule has 2 saturated heterocycles. The molecular weight excluding hydrogens is 296 g/mol. The first-order valence-corrected chi connectivity index (χ1v) is 8.24. The van der Waals surface area contributed by atoms with Crippen molar-refractivity contribution in [2.24, 2.45) is 5.92 Å². The summed E-state index contributed by atoms with van der Waals surface area (Å²) >= 11 is 0. The molecule has 6 heteroatoms. The van der Waals surface area contributed by atoms with Gasteiger partial charge in [0, 0.05) is 46.3 Å². The van der Waals surface area contributed by atoms with Crippen LogP contribution in [0.25, 0.3) is 0 Å². The van der Waals surface area contributed by atoms with Gasteiger partial charge in [-0.25, -0.2) is 0 Å². The highest BCUT2D eigenvalue weighted by molar-refractivity contribution is 5.95. The average Bonchev–Trinajstić information content (AvgIpc) is 3.17. The lowest BCUT2D eigenvalue weighted by Crippen LogP contribution is -2.53. The van der Waals surface area contributed by atoms with Gasteiger partial charge in [-0.15, -0.1) is 0 Å². The number of fused-ring (bicyclic) bond motifs is 1. The van der Waals surface area contributed by atoms with Gasteiger partial charge in [-0.3, -0.25) is 9.69 Å². The van der Waals surface area contributed by atoms with Crippen molar-refractivity contribution in [3.05, 3.63) is 23.7 Å². The number of aryl methyl sites for hydroxylation is 1. The first kappa shape index (κ1) is 16.5. The van der Waals surface area contributed by atoms with E-state index in [1.807, 2.05) is 11.8 Å². The zero-order valence-corrected chi connectivity index (χ0v) is 14.2. The lowest BCUT2D eigenvalue weighted by molar-refractivity contribution is -0.0157. The molecule has 0 radical (unpaired) electrons. The molecule has 2 aliphatic rings. The van der Waals surface area contributed by atoms with Crippen molar-refractivity contribution in [1.82, 2.24) is 9.80 Å². The molecule has 0 unspecified atom stereocenters. The maximum absolute atomic E-state index is 12.9. The third kappa shape index (κ3) is 3.16. The minimum absolute atomic E-state index is 0.0781. The molecule has 128 valence electrons. The molecule has 23 heavy (non-hydrogen) atoms. The van der Waals surface area contributed by atoms with E-state index < -0.39 is 0 Å². The van der Waals surface area contributed by atoms with E-state index >= 15 is 0 Å². The van der Waals surface area contributed by atoms with Gasteiger partial charge in [0.2, 0.25) is 0 Å². The highest BCUT2D eigenvalue weighted by Gasteiger charge is 2.46. The van der Waals surface area contributed by atoms with Crippen molar-refractivity contribution in [3.8, 4) is 0 Å². The van der Waals surface area contributed by atoms with E-state index in [9.17, 15) is 4.79 Å². The SMILES string of the molecule is COCCN1C[C@H]2[C@H](OC)CCN(C(=O)c3ccoc3C)[C@H]2C1. The number of hydrogen-bond donors (Lipinski definition) is 0. The largest absolute Gasteiger partial charge is 0.469 e. The average molecular weight is 322 g/mol. The Hall–Kier alpha value is -1.37. The minimum atomic E-state index is 0.0781. The van der Waals surface area contributed by atoms with Crippen LogP contribution in [-0.4, -0.2) is 74.9 Å². The zero-order chi connectivity index (χ0) is 16.4. The number of carbonyl (C=O) groups excluding carboxylic acids is 1. The molecule has 0 saturated carbocycles. The highest BCUT2D eigenvalue weighted by atomic mass is 16.5. The minimum Gasteiger partial charge on any atom is -0.469 e. The lowest BCUT2D eigenvalue weighted by atomic mass is 9.88. The number of rotatable bonds is 5. The third-order valence-electron chi connectivity index (χ3n) is 5.21. The van der Waals surface area contributed by atoms with Gasteiger partial charge in [0.25, 0.3) is 5.91 Å². The van der Waals surface area contributed by atoms with Gasteiger partial charge in [0.05, 0.1) is 30.6 Å². The number of likely N-dealkylation sites (tertiary alicyclic amines) is 2. The van der Waals surface area contributed by atoms with Gasteiger partial charge < -0.3 is 18.8 Å². The second kappa shape index (κ2) is 7.03. The predicted molar refractivity (Wildman–Crippen MR) is 85.5 cm³/mol. The summed E-state index contributed by atoms with van der Waals surface area (Å²) < 4.78 is 16.2. The Morgan fingerprint density at radius 3 is 2.87 bits per heavy atom. The molecular formula is C17H26N2O4. The number of nitrogens with zero attached hydrogens (tertiary/aromatic N) is 2. The summed E-state index contributed by atoms with van der Waals surface area (Å²) in [6.07, 6.45) is 2.70. The molecule has 1 amide bonds. The van der Waals surface area contributed by atoms with Crippen LogP contribution in [0.5, 0.6) is 0 Å². The van der Waals surface area contributed by atoms with Crippen molar-refractivity contribution in [1.29, 1.82) is 0 Å². The maximum atomic E-state index is 12.9. The van der Waals surface area contributed by atoms with Crippen molar-refractivity contribution >= 4 is 5.91 Å². The van der Waals surface area contributed by atoms with Crippen LogP contribution in [0.4, 0.5) is 0 Å². The van der Waals surface area contributed by atoms with Crippen molar-refractivity contribution in [2.45, 2.75) is 25.5 Å². The second-order valence-corrected chi connectivity index (χ2v) is 6.44. The maximum Gasteiger partial charge on any atom is 0.257 e.